The van der Waals surface area contributed by atoms with Crippen LogP contribution in [0.25, 0.3) is 22.5 Å². The molecule has 0 saturated heterocycles. The minimum Gasteiger partial charge on any atom is -0.312 e. The lowest BCUT2D eigenvalue weighted by molar-refractivity contribution is -0.105. The van der Waals surface area contributed by atoms with Crippen LogP contribution in [-0.4, -0.2) is 35.9 Å². The molecule has 148 valence electrons. The van der Waals surface area contributed by atoms with Gasteiger partial charge in [-0.15, -0.1) is 0 Å². The molecular formula is C20H15ClN8O. The molecule has 0 atom stereocenters. The summed E-state index contributed by atoms with van der Waals surface area (Å²) >= 11 is 6.06. The van der Waals surface area contributed by atoms with Crippen LogP contribution in [0, 0.1) is 11.3 Å². The zero-order valence-electron chi connectivity index (χ0n) is 15.6. The van der Waals surface area contributed by atoms with E-state index in [-0.39, 0.29) is 10.7 Å². The Bertz CT molecular complexity index is 1230. The van der Waals surface area contributed by atoms with Crippen molar-refractivity contribution in [3.8, 4) is 28.6 Å². The average Bonchev–Trinajstić information content (AvgIpc) is 3.40. The normalized spacial score (nSPS) is 10.5. The second-order valence-electron chi connectivity index (χ2n) is 6.27. The van der Waals surface area contributed by atoms with Gasteiger partial charge in [-0.25, -0.2) is 4.98 Å². The van der Waals surface area contributed by atoms with E-state index in [0.29, 0.717) is 31.0 Å². The number of nitrogens with zero attached hydrogens (tertiary/aromatic N) is 7. The average molecular weight is 419 g/mol. The Balaban J connectivity index is 1.54. The summed E-state index contributed by atoms with van der Waals surface area (Å²) in [6, 6.07) is 11.0. The summed E-state index contributed by atoms with van der Waals surface area (Å²) in [5.74, 6) is 0.461. The minimum atomic E-state index is 0.182. The number of rotatable bonds is 7. The fraction of sp³-hybridized carbons (Fsp3) is 0.100. The Kier molecular flexibility index (Phi) is 5.50. The van der Waals surface area contributed by atoms with E-state index in [1.54, 1.807) is 40.1 Å². The van der Waals surface area contributed by atoms with Crippen molar-refractivity contribution in [1.29, 1.82) is 5.26 Å². The van der Waals surface area contributed by atoms with E-state index in [2.05, 4.69) is 25.5 Å². The second kappa shape index (κ2) is 8.55. The summed E-state index contributed by atoms with van der Waals surface area (Å²) < 4.78 is 3.58. The predicted octanol–water partition coefficient (Wildman–Crippen LogP) is 3.00. The van der Waals surface area contributed by atoms with Gasteiger partial charge in [0, 0.05) is 42.0 Å². The third-order valence-corrected chi connectivity index (χ3v) is 4.66. The van der Waals surface area contributed by atoms with Crippen LogP contribution in [0.5, 0.6) is 0 Å². The van der Waals surface area contributed by atoms with Crippen molar-refractivity contribution in [2.45, 2.75) is 13.1 Å². The smallest absolute Gasteiger partial charge is 0.212 e. The minimum absolute atomic E-state index is 0.182. The molecule has 0 fully saturated rings. The maximum absolute atomic E-state index is 10.8. The first-order valence-electron chi connectivity index (χ1n) is 8.96. The van der Waals surface area contributed by atoms with Gasteiger partial charge in [-0.2, -0.15) is 15.5 Å². The van der Waals surface area contributed by atoms with Crippen LogP contribution in [0.1, 0.15) is 5.69 Å². The number of aromatic nitrogens is 6. The molecule has 0 unspecified atom stereocenters. The second-order valence-corrected chi connectivity index (χ2v) is 6.68. The van der Waals surface area contributed by atoms with Gasteiger partial charge in [-0.1, -0.05) is 11.6 Å². The van der Waals surface area contributed by atoms with Crippen LogP contribution in [0.2, 0.25) is 5.02 Å². The van der Waals surface area contributed by atoms with Gasteiger partial charge in [0.15, 0.2) is 11.5 Å². The summed E-state index contributed by atoms with van der Waals surface area (Å²) in [4.78, 5) is 19.0. The number of pyridine rings is 2. The number of amides is 1. The van der Waals surface area contributed by atoms with Crippen molar-refractivity contribution in [2.24, 2.45) is 0 Å². The lowest BCUT2D eigenvalue weighted by Crippen LogP contribution is -2.10. The maximum Gasteiger partial charge on any atom is 0.212 e. The zero-order valence-corrected chi connectivity index (χ0v) is 16.4. The van der Waals surface area contributed by atoms with Gasteiger partial charge >= 0.3 is 0 Å². The summed E-state index contributed by atoms with van der Waals surface area (Å²) in [6.07, 6.45) is 7.45. The highest BCUT2D eigenvalue weighted by Gasteiger charge is 2.11. The molecule has 30 heavy (non-hydrogen) atoms. The fourth-order valence-electron chi connectivity index (χ4n) is 2.96. The molecule has 0 radical (unpaired) electrons. The Morgan fingerprint density at radius 3 is 2.80 bits per heavy atom. The summed E-state index contributed by atoms with van der Waals surface area (Å²) in [7, 11) is 0. The molecule has 4 aromatic rings. The monoisotopic (exact) mass is 418 g/mol. The third kappa shape index (κ3) is 4.04. The number of hydrogen-bond acceptors (Lipinski definition) is 6. The van der Waals surface area contributed by atoms with Crippen LogP contribution in [0.3, 0.4) is 0 Å². The maximum atomic E-state index is 10.8. The van der Waals surface area contributed by atoms with Crippen LogP contribution in [0.15, 0.2) is 55.1 Å². The number of nitriles is 1. The van der Waals surface area contributed by atoms with E-state index >= 15 is 0 Å². The molecule has 10 heteroatoms. The molecular weight excluding hydrogens is 404 g/mol. The summed E-state index contributed by atoms with van der Waals surface area (Å²) in [6.45, 7) is 1.07. The molecule has 4 aromatic heterocycles. The topological polar surface area (TPSA) is 114 Å². The lowest BCUT2D eigenvalue weighted by Gasteiger charge is -2.07. The number of hydrogen-bond donors (Lipinski definition) is 1. The van der Waals surface area contributed by atoms with Crippen LogP contribution < -0.4 is 5.32 Å². The Labute approximate surface area is 176 Å². The van der Waals surface area contributed by atoms with E-state index in [0.717, 1.165) is 16.8 Å². The van der Waals surface area contributed by atoms with Gasteiger partial charge in [0.1, 0.15) is 6.07 Å². The van der Waals surface area contributed by atoms with E-state index in [9.17, 15) is 4.79 Å². The first-order valence-corrected chi connectivity index (χ1v) is 9.33. The third-order valence-electron chi connectivity index (χ3n) is 4.37. The van der Waals surface area contributed by atoms with Gasteiger partial charge in [0.25, 0.3) is 0 Å². The van der Waals surface area contributed by atoms with E-state index < -0.39 is 0 Å². The molecule has 0 aliphatic rings. The molecule has 0 aromatic carbocycles. The van der Waals surface area contributed by atoms with E-state index in [1.807, 2.05) is 30.5 Å². The Morgan fingerprint density at radius 1 is 1.17 bits per heavy atom. The highest BCUT2D eigenvalue weighted by molar-refractivity contribution is 6.31. The lowest BCUT2D eigenvalue weighted by atomic mass is 10.2. The molecule has 0 aliphatic heterocycles. The SMILES string of the molecule is N#Cc1ncc(-c2ccn(CCn3nc(NC=O)cc3-c3cccnc3)n2)cc1Cl. The van der Waals surface area contributed by atoms with Gasteiger partial charge < -0.3 is 5.32 Å². The number of carbonyl (C=O) groups excluding carboxylic acids is 1. The molecule has 0 saturated carbocycles. The quantitative estimate of drug-likeness (QED) is 0.461. The van der Waals surface area contributed by atoms with Gasteiger partial charge in [-0.3, -0.25) is 19.1 Å². The first kappa shape index (κ1) is 19.3. The van der Waals surface area contributed by atoms with Crippen LogP contribution in [-0.2, 0) is 17.9 Å². The molecule has 1 amide bonds. The number of carbonyl (C=O) groups is 1. The fourth-order valence-corrected chi connectivity index (χ4v) is 3.17. The van der Waals surface area contributed by atoms with E-state index in [1.165, 1.54) is 0 Å². The van der Waals surface area contributed by atoms with Crippen molar-refractivity contribution in [2.75, 3.05) is 5.32 Å². The Hall–Kier alpha value is -4.03. The van der Waals surface area contributed by atoms with Crippen molar-refractivity contribution in [1.82, 2.24) is 29.5 Å². The Morgan fingerprint density at radius 2 is 2.07 bits per heavy atom. The van der Waals surface area contributed by atoms with Gasteiger partial charge in [0.2, 0.25) is 6.41 Å². The van der Waals surface area contributed by atoms with Crippen molar-refractivity contribution in [3.63, 3.8) is 0 Å². The van der Waals surface area contributed by atoms with Crippen molar-refractivity contribution >= 4 is 23.8 Å². The number of halogens is 1. The zero-order chi connectivity index (χ0) is 20.9. The molecule has 0 bridgehead atoms. The van der Waals surface area contributed by atoms with Crippen molar-refractivity contribution < 1.29 is 4.79 Å². The molecule has 1 N–H and O–H groups in total. The highest BCUT2D eigenvalue weighted by Crippen LogP contribution is 2.23. The first-order chi connectivity index (χ1) is 14.7. The number of nitrogens with one attached hydrogen (secondary N) is 1. The van der Waals surface area contributed by atoms with Crippen molar-refractivity contribution in [3.05, 3.63) is 65.8 Å². The van der Waals surface area contributed by atoms with E-state index in [4.69, 9.17) is 16.9 Å². The van der Waals surface area contributed by atoms with Crippen LogP contribution >= 0.6 is 11.6 Å². The molecule has 4 heterocycles. The summed E-state index contributed by atoms with van der Waals surface area (Å²) in [5, 5.41) is 20.8. The highest BCUT2D eigenvalue weighted by atomic mass is 35.5. The molecule has 9 nitrogen and oxygen atoms in total. The van der Waals surface area contributed by atoms with Gasteiger partial charge in [-0.05, 0) is 24.3 Å². The molecule has 0 spiro atoms. The predicted molar refractivity (Wildman–Crippen MR) is 110 cm³/mol. The standard InChI is InChI=1S/C20H15ClN8O/c21-16-8-15(12-24-18(16)10-22)17-3-5-28(26-17)6-7-29-19(9-20(27-29)25-13-30)14-2-1-4-23-11-14/h1-5,8-9,11-13H,6-7H2,(H,25,27,30). The number of aryl methyl sites for hydroxylation is 2. The largest absolute Gasteiger partial charge is 0.312 e. The van der Waals surface area contributed by atoms with Crippen LogP contribution in [0.4, 0.5) is 5.82 Å². The number of anilines is 1. The van der Waals surface area contributed by atoms with Gasteiger partial charge in [0.05, 0.1) is 29.5 Å². The summed E-state index contributed by atoms with van der Waals surface area (Å²) in [5.41, 5.74) is 3.34. The molecule has 0 aliphatic carbocycles. The molecule has 4 rings (SSSR count).